The molecule has 2 nitrogen and oxygen atoms in total. The van der Waals surface area contributed by atoms with E-state index in [-0.39, 0.29) is 5.54 Å². The van der Waals surface area contributed by atoms with Crippen LogP contribution in [0.2, 0.25) is 0 Å². The van der Waals surface area contributed by atoms with Gasteiger partial charge < -0.3 is 4.90 Å². The topological polar surface area (TPSA) is 6.48 Å². The van der Waals surface area contributed by atoms with Crippen molar-refractivity contribution in [2.75, 3.05) is 27.2 Å². The third-order valence-electron chi connectivity index (χ3n) is 5.90. The van der Waals surface area contributed by atoms with Gasteiger partial charge in [-0.3, -0.25) is 4.90 Å². The number of benzene rings is 2. The summed E-state index contributed by atoms with van der Waals surface area (Å²) in [6.45, 7) is 2.36. The lowest BCUT2D eigenvalue weighted by molar-refractivity contribution is 0.0245. The maximum absolute atomic E-state index is 2.74. The fourth-order valence-electron chi connectivity index (χ4n) is 4.66. The number of hydrogen-bond donors (Lipinski definition) is 0. The minimum atomic E-state index is 0.0449. The second-order valence-electron chi connectivity index (χ2n) is 7.23. The minimum Gasteiger partial charge on any atom is -0.306 e. The third-order valence-corrected chi connectivity index (χ3v) is 5.90. The Morgan fingerprint density at radius 3 is 2.48 bits per heavy atom. The highest BCUT2D eigenvalue weighted by molar-refractivity contribution is 5.46. The lowest BCUT2D eigenvalue weighted by Crippen LogP contribution is -2.58. The number of fused-ring (bicyclic) bond motifs is 3. The lowest BCUT2D eigenvalue weighted by atomic mass is 9.69. The summed E-state index contributed by atoms with van der Waals surface area (Å²) in [7, 11) is 4.46. The molecule has 0 amide bonds. The second kappa shape index (κ2) is 5.77. The summed E-state index contributed by atoms with van der Waals surface area (Å²) in [5.74, 6) is 0. The van der Waals surface area contributed by atoms with Gasteiger partial charge in [-0.15, -0.1) is 0 Å². The molecule has 1 saturated heterocycles. The van der Waals surface area contributed by atoms with Crippen LogP contribution in [0.25, 0.3) is 0 Å². The van der Waals surface area contributed by atoms with Crippen molar-refractivity contribution < 1.29 is 0 Å². The van der Waals surface area contributed by atoms with Crippen LogP contribution in [0.1, 0.15) is 29.5 Å². The summed E-state index contributed by atoms with van der Waals surface area (Å²) in [5.41, 5.74) is 4.57. The summed E-state index contributed by atoms with van der Waals surface area (Å²) in [6, 6.07) is 20.9. The molecular formula is C21H26N2. The van der Waals surface area contributed by atoms with E-state index in [0.29, 0.717) is 6.04 Å². The molecular weight excluding hydrogens is 280 g/mol. The molecule has 2 atom stereocenters. The molecule has 23 heavy (non-hydrogen) atoms. The van der Waals surface area contributed by atoms with Gasteiger partial charge in [-0.05, 0) is 50.0 Å². The van der Waals surface area contributed by atoms with Crippen LogP contribution < -0.4 is 0 Å². The Morgan fingerprint density at radius 1 is 0.957 bits per heavy atom. The standard InChI is InChI=1S/C21H26N2/c1-22(2)19-13-15-23-14-12-17-8-6-7-11-20(17)21(23,16-19)18-9-4-3-5-10-18/h3-11,19H,12-16H2,1-2H3. The first-order chi connectivity index (χ1) is 11.2. The van der Waals surface area contributed by atoms with Gasteiger partial charge in [0.2, 0.25) is 0 Å². The van der Waals surface area contributed by atoms with Crippen molar-refractivity contribution in [3.05, 3.63) is 71.3 Å². The zero-order chi connectivity index (χ0) is 15.9. The fraction of sp³-hybridized carbons (Fsp3) is 0.429. The molecule has 2 heterocycles. The Balaban J connectivity index is 1.91. The van der Waals surface area contributed by atoms with Gasteiger partial charge in [0.1, 0.15) is 0 Å². The van der Waals surface area contributed by atoms with Gasteiger partial charge in [-0.2, -0.15) is 0 Å². The molecule has 0 aromatic heterocycles. The van der Waals surface area contributed by atoms with Crippen LogP contribution in [0.3, 0.4) is 0 Å². The van der Waals surface area contributed by atoms with Crippen molar-refractivity contribution in [3.63, 3.8) is 0 Å². The molecule has 0 saturated carbocycles. The maximum Gasteiger partial charge on any atom is 0.0733 e. The summed E-state index contributed by atoms with van der Waals surface area (Å²) in [5, 5.41) is 0. The van der Waals surface area contributed by atoms with E-state index < -0.39 is 0 Å². The van der Waals surface area contributed by atoms with Crippen molar-refractivity contribution in [3.8, 4) is 0 Å². The first-order valence-electron chi connectivity index (χ1n) is 8.77. The predicted octanol–water partition coefficient (Wildman–Crippen LogP) is 3.51. The lowest BCUT2D eigenvalue weighted by Gasteiger charge is -2.54. The van der Waals surface area contributed by atoms with Gasteiger partial charge in [0.25, 0.3) is 0 Å². The van der Waals surface area contributed by atoms with Crippen LogP contribution >= 0.6 is 0 Å². The first kappa shape index (κ1) is 14.9. The second-order valence-corrected chi connectivity index (χ2v) is 7.23. The molecule has 120 valence electrons. The van der Waals surface area contributed by atoms with Crippen molar-refractivity contribution in [2.24, 2.45) is 0 Å². The van der Waals surface area contributed by atoms with E-state index in [9.17, 15) is 0 Å². The van der Waals surface area contributed by atoms with Crippen molar-refractivity contribution in [2.45, 2.75) is 30.8 Å². The van der Waals surface area contributed by atoms with E-state index in [1.165, 1.54) is 49.0 Å². The number of rotatable bonds is 2. The third kappa shape index (κ3) is 2.32. The van der Waals surface area contributed by atoms with Crippen molar-refractivity contribution in [1.29, 1.82) is 0 Å². The monoisotopic (exact) mass is 306 g/mol. The Bertz CT molecular complexity index is 679. The highest BCUT2D eigenvalue weighted by Gasteiger charge is 2.48. The van der Waals surface area contributed by atoms with Gasteiger partial charge in [-0.1, -0.05) is 54.6 Å². The van der Waals surface area contributed by atoms with Crippen molar-refractivity contribution in [1.82, 2.24) is 9.80 Å². The largest absolute Gasteiger partial charge is 0.306 e. The molecule has 2 aromatic rings. The van der Waals surface area contributed by atoms with Gasteiger partial charge in [-0.25, -0.2) is 0 Å². The van der Waals surface area contributed by atoms with Crippen LogP contribution in [0, 0.1) is 0 Å². The molecule has 0 N–H and O–H groups in total. The van der Waals surface area contributed by atoms with Crippen molar-refractivity contribution >= 4 is 0 Å². The molecule has 0 spiro atoms. The molecule has 2 unspecified atom stereocenters. The number of piperidine rings is 1. The highest BCUT2D eigenvalue weighted by Crippen LogP contribution is 2.47. The summed E-state index contributed by atoms with van der Waals surface area (Å²) in [6.07, 6.45) is 3.63. The Hall–Kier alpha value is -1.64. The van der Waals surface area contributed by atoms with E-state index >= 15 is 0 Å². The maximum atomic E-state index is 2.74. The van der Waals surface area contributed by atoms with E-state index in [1.54, 1.807) is 0 Å². The van der Waals surface area contributed by atoms with Gasteiger partial charge in [0.05, 0.1) is 5.54 Å². The van der Waals surface area contributed by atoms with E-state index in [4.69, 9.17) is 0 Å². The summed E-state index contributed by atoms with van der Waals surface area (Å²) in [4.78, 5) is 5.16. The Kier molecular flexibility index (Phi) is 3.74. The van der Waals surface area contributed by atoms with Gasteiger partial charge in [0, 0.05) is 19.1 Å². The minimum absolute atomic E-state index is 0.0449. The quantitative estimate of drug-likeness (QED) is 0.838. The van der Waals surface area contributed by atoms with Crippen LogP contribution in [0.15, 0.2) is 54.6 Å². The van der Waals surface area contributed by atoms with Crippen LogP contribution in [0.5, 0.6) is 0 Å². The number of hydrogen-bond acceptors (Lipinski definition) is 2. The van der Waals surface area contributed by atoms with Crippen LogP contribution in [-0.4, -0.2) is 43.0 Å². The fourth-order valence-corrected chi connectivity index (χ4v) is 4.66. The van der Waals surface area contributed by atoms with Crippen LogP contribution in [0.4, 0.5) is 0 Å². The van der Waals surface area contributed by atoms with Gasteiger partial charge >= 0.3 is 0 Å². The zero-order valence-corrected chi connectivity index (χ0v) is 14.2. The smallest absolute Gasteiger partial charge is 0.0733 e. The van der Waals surface area contributed by atoms with Crippen LogP contribution in [-0.2, 0) is 12.0 Å². The highest BCUT2D eigenvalue weighted by atomic mass is 15.2. The van der Waals surface area contributed by atoms with E-state index in [2.05, 4.69) is 78.5 Å². The SMILES string of the molecule is CN(C)C1CCN2CCc3ccccc3C2(c2ccccc2)C1. The molecule has 2 aliphatic rings. The zero-order valence-electron chi connectivity index (χ0n) is 14.2. The first-order valence-corrected chi connectivity index (χ1v) is 8.77. The molecule has 1 fully saturated rings. The molecule has 2 aliphatic heterocycles. The van der Waals surface area contributed by atoms with Gasteiger partial charge in [0.15, 0.2) is 0 Å². The van der Waals surface area contributed by atoms with E-state index in [0.717, 1.165) is 0 Å². The predicted molar refractivity (Wildman–Crippen MR) is 95.7 cm³/mol. The summed E-state index contributed by atoms with van der Waals surface area (Å²) < 4.78 is 0. The average molecular weight is 306 g/mol. The Labute approximate surface area is 139 Å². The Morgan fingerprint density at radius 2 is 1.70 bits per heavy atom. The molecule has 0 bridgehead atoms. The van der Waals surface area contributed by atoms with E-state index in [1.807, 2.05) is 0 Å². The molecule has 2 heteroatoms. The molecule has 4 rings (SSSR count). The summed E-state index contributed by atoms with van der Waals surface area (Å²) >= 11 is 0. The normalized spacial score (nSPS) is 27.5. The number of nitrogens with zero attached hydrogens (tertiary/aromatic N) is 2. The molecule has 2 aromatic carbocycles. The molecule has 0 radical (unpaired) electrons. The average Bonchev–Trinajstić information content (AvgIpc) is 2.61. The molecule has 0 aliphatic carbocycles.